The van der Waals surface area contributed by atoms with Gasteiger partial charge in [-0.2, -0.15) is 0 Å². The van der Waals surface area contributed by atoms with Gasteiger partial charge in [-0.1, -0.05) is 11.6 Å². The molecule has 0 fully saturated rings. The maximum absolute atomic E-state index is 13.8. The third-order valence-corrected chi connectivity index (χ3v) is 3.92. The van der Waals surface area contributed by atoms with Crippen LogP contribution in [0.1, 0.15) is 20.8 Å². The molecule has 0 aliphatic carbocycles. The fourth-order valence-corrected chi connectivity index (χ4v) is 2.88. The van der Waals surface area contributed by atoms with Crippen molar-refractivity contribution in [1.29, 1.82) is 0 Å². The molecule has 0 unspecified atom stereocenters. The Balaban J connectivity index is 2.91. The van der Waals surface area contributed by atoms with E-state index in [1.165, 1.54) is 0 Å². The highest BCUT2D eigenvalue weighted by Crippen LogP contribution is 2.25. The van der Waals surface area contributed by atoms with Gasteiger partial charge in [-0.25, -0.2) is 17.5 Å². The van der Waals surface area contributed by atoms with E-state index in [0.717, 1.165) is 12.1 Å². The molecule has 4 N–H and O–H groups in total. The SMILES string of the molecule is CC(C)(C)NC(=O)CNS(=O)(=O)c1cc(N)cc(Cl)c1F. The Bertz CT molecular complexity index is 656. The minimum absolute atomic E-state index is 0.000850. The summed E-state index contributed by atoms with van der Waals surface area (Å²) in [6.45, 7) is 4.72. The number of benzene rings is 1. The molecule has 0 aliphatic rings. The molecule has 0 saturated heterocycles. The van der Waals surface area contributed by atoms with Crippen LogP contribution in [0.15, 0.2) is 17.0 Å². The first kappa shape index (κ1) is 17.7. The molecular formula is C12H17ClFN3O3S. The lowest BCUT2D eigenvalue weighted by Crippen LogP contribution is -2.45. The highest BCUT2D eigenvalue weighted by molar-refractivity contribution is 7.89. The number of nitrogen functional groups attached to an aromatic ring is 1. The van der Waals surface area contributed by atoms with E-state index < -0.39 is 43.7 Å². The first-order chi connectivity index (χ1) is 9.42. The van der Waals surface area contributed by atoms with Crippen LogP contribution in [0.5, 0.6) is 0 Å². The van der Waals surface area contributed by atoms with Crippen LogP contribution in [0.2, 0.25) is 5.02 Å². The Morgan fingerprint density at radius 2 is 1.95 bits per heavy atom. The van der Waals surface area contributed by atoms with Crippen LogP contribution in [0, 0.1) is 5.82 Å². The van der Waals surface area contributed by atoms with Gasteiger partial charge in [0.15, 0.2) is 5.82 Å². The topological polar surface area (TPSA) is 101 Å². The molecule has 0 bridgehead atoms. The van der Waals surface area contributed by atoms with Crippen LogP contribution in [0.25, 0.3) is 0 Å². The second-order valence-electron chi connectivity index (χ2n) is 5.44. The summed E-state index contributed by atoms with van der Waals surface area (Å²) in [6, 6.07) is 2.04. The number of anilines is 1. The summed E-state index contributed by atoms with van der Waals surface area (Å²) >= 11 is 5.55. The van der Waals surface area contributed by atoms with Crippen molar-refractivity contribution in [3.63, 3.8) is 0 Å². The van der Waals surface area contributed by atoms with E-state index >= 15 is 0 Å². The van der Waals surface area contributed by atoms with Crippen molar-refractivity contribution in [2.75, 3.05) is 12.3 Å². The molecule has 1 amide bonds. The normalized spacial score (nSPS) is 12.2. The monoisotopic (exact) mass is 337 g/mol. The molecule has 118 valence electrons. The minimum atomic E-state index is -4.24. The molecule has 1 aromatic rings. The van der Waals surface area contributed by atoms with Gasteiger partial charge in [0.25, 0.3) is 0 Å². The van der Waals surface area contributed by atoms with Crippen LogP contribution < -0.4 is 15.8 Å². The standard InChI is InChI=1S/C12H17ClFN3O3S/c1-12(2,3)17-10(18)6-16-21(19,20)9-5-7(15)4-8(13)11(9)14/h4-5,16H,6,15H2,1-3H3,(H,17,18). The summed E-state index contributed by atoms with van der Waals surface area (Å²) in [5.41, 5.74) is 4.94. The summed E-state index contributed by atoms with van der Waals surface area (Å²) in [7, 11) is -4.24. The number of amides is 1. The summed E-state index contributed by atoms with van der Waals surface area (Å²) in [5.74, 6) is -1.66. The maximum Gasteiger partial charge on any atom is 0.244 e. The maximum atomic E-state index is 13.8. The fourth-order valence-electron chi connectivity index (χ4n) is 1.48. The van der Waals surface area contributed by atoms with Crippen LogP contribution in [-0.2, 0) is 14.8 Å². The van der Waals surface area contributed by atoms with Gasteiger partial charge in [-0.15, -0.1) is 0 Å². The number of hydrogen-bond donors (Lipinski definition) is 3. The average molecular weight is 338 g/mol. The quantitative estimate of drug-likeness (QED) is 0.720. The molecule has 1 aromatic carbocycles. The van der Waals surface area contributed by atoms with E-state index in [0.29, 0.717) is 0 Å². The molecule has 0 heterocycles. The zero-order valence-electron chi connectivity index (χ0n) is 11.8. The summed E-state index contributed by atoms with van der Waals surface area (Å²) < 4.78 is 39.7. The van der Waals surface area contributed by atoms with Crippen LogP contribution in [0.4, 0.5) is 10.1 Å². The zero-order chi connectivity index (χ0) is 16.4. The Kier molecular flexibility index (Phi) is 5.19. The van der Waals surface area contributed by atoms with Gasteiger partial charge < -0.3 is 11.1 Å². The van der Waals surface area contributed by atoms with Gasteiger partial charge in [0.2, 0.25) is 15.9 Å². The number of halogens is 2. The largest absolute Gasteiger partial charge is 0.399 e. The smallest absolute Gasteiger partial charge is 0.244 e. The minimum Gasteiger partial charge on any atom is -0.399 e. The highest BCUT2D eigenvalue weighted by atomic mass is 35.5. The number of carbonyl (C=O) groups is 1. The number of rotatable bonds is 4. The Morgan fingerprint density at radius 1 is 1.38 bits per heavy atom. The number of hydrogen-bond acceptors (Lipinski definition) is 4. The van der Waals surface area contributed by atoms with Crippen LogP contribution in [0.3, 0.4) is 0 Å². The Morgan fingerprint density at radius 3 is 2.48 bits per heavy atom. The molecule has 1 rings (SSSR count). The number of nitrogens with two attached hydrogens (primary N) is 1. The van der Waals surface area contributed by atoms with Gasteiger partial charge in [-0.3, -0.25) is 4.79 Å². The van der Waals surface area contributed by atoms with Gasteiger partial charge in [0.05, 0.1) is 11.6 Å². The molecule has 0 aromatic heterocycles. The molecule has 0 saturated carbocycles. The molecule has 0 atom stereocenters. The second-order valence-corrected chi connectivity index (χ2v) is 7.58. The highest BCUT2D eigenvalue weighted by Gasteiger charge is 2.23. The average Bonchev–Trinajstić information content (AvgIpc) is 2.29. The second kappa shape index (κ2) is 6.17. The molecule has 6 nitrogen and oxygen atoms in total. The third-order valence-electron chi connectivity index (χ3n) is 2.24. The number of nitrogens with one attached hydrogen (secondary N) is 2. The van der Waals surface area contributed by atoms with Crippen molar-refractivity contribution in [1.82, 2.24) is 10.0 Å². The first-order valence-corrected chi connectivity index (χ1v) is 7.84. The Hall–Kier alpha value is -1.38. The van der Waals surface area contributed by atoms with Gasteiger partial charge in [-0.05, 0) is 32.9 Å². The van der Waals surface area contributed by atoms with Crippen LogP contribution >= 0.6 is 11.6 Å². The third kappa shape index (κ3) is 5.14. The van der Waals surface area contributed by atoms with Gasteiger partial charge in [0.1, 0.15) is 4.90 Å². The number of carbonyl (C=O) groups excluding carboxylic acids is 1. The lowest BCUT2D eigenvalue weighted by atomic mass is 10.1. The predicted molar refractivity (Wildman–Crippen MR) is 78.9 cm³/mol. The van der Waals surface area contributed by atoms with E-state index in [1.54, 1.807) is 20.8 Å². The van der Waals surface area contributed by atoms with Crippen molar-refractivity contribution < 1.29 is 17.6 Å². The summed E-state index contributed by atoms with van der Waals surface area (Å²) in [5, 5.41) is 2.16. The number of sulfonamides is 1. The van der Waals surface area contributed by atoms with E-state index in [-0.39, 0.29) is 5.69 Å². The fraction of sp³-hybridized carbons (Fsp3) is 0.417. The zero-order valence-corrected chi connectivity index (χ0v) is 13.4. The molecule has 0 aliphatic heterocycles. The van der Waals surface area contributed by atoms with E-state index in [9.17, 15) is 17.6 Å². The first-order valence-electron chi connectivity index (χ1n) is 5.97. The van der Waals surface area contributed by atoms with Crippen molar-refractivity contribution in [3.8, 4) is 0 Å². The summed E-state index contributed by atoms with van der Waals surface area (Å²) in [6.07, 6.45) is 0. The lowest BCUT2D eigenvalue weighted by molar-refractivity contribution is -0.121. The van der Waals surface area contributed by atoms with Gasteiger partial charge in [0, 0.05) is 11.2 Å². The van der Waals surface area contributed by atoms with Gasteiger partial charge >= 0.3 is 0 Å². The predicted octanol–water partition coefficient (Wildman–Crippen LogP) is 1.25. The van der Waals surface area contributed by atoms with Crippen molar-refractivity contribution in [2.45, 2.75) is 31.2 Å². The van der Waals surface area contributed by atoms with Crippen molar-refractivity contribution >= 4 is 33.2 Å². The van der Waals surface area contributed by atoms with Crippen molar-refractivity contribution in [2.24, 2.45) is 0 Å². The van der Waals surface area contributed by atoms with Crippen LogP contribution in [-0.4, -0.2) is 26.4 Å². The van der Waals surface area contributed by atoms with E-state index in [2.05, 4.69) is 5.32 Å². The summed E-state index contributed by atoms with van der Waals surface area (Å²) in [4.78, 5) is 10.9. The lowest BCUT2D eigenvalue weighted by Gasteiger charge is -2.20. The van der Waals surface area contributed by atoms with Crippen molar-refractivity contribution in [3.05, 3.63) is 23.0 Å². The molecule has 0 spiro atoms. The molecule has 0 radical (unpaired) electrons. The molecular weight excluding hydrogens is 321 g/mol. The molecule has 21 heavy (non-hydrogen) atoms. The molecule has 9 heteroatoms. The Labute approximate surface area is 127 Å². The van der Waals surface area contributed by atoms with E-state index in [4.69, 9.17) is 17.3 Å². The van der Waals surface area contributed by atoms with E-state index in [1.807, 2.05) is 4.72 Å².